The zero-order valence-corrected chi connectivity index (χ0v) is 8.43. The second-order valence-electron chi connectivity index (χ2n) is 2.92. The fourth-order valence-corrected chi connectivity index (χ4v) is 1.54. The Morgan fingerprint density at radius 3 is 2.93 bits per heavy atom. The molecule has 0 aliphatic heterocycles. The highest BCUT2D eigenvalue weighted by atomic mass is 35.5. The maximum atomic E-state index is 5.68. The lowest BCUT2D eigenvalue weighted by Gasteiger charge is -1.96. The molecule has 0 fully saturated rings. The Bertz CT molecular complexity index is 447. The Hall–Kier alpha value is -1.42. The van der Waals surface area contributed by atoms with Crippen molar-refractivity contribution in [3.05, 3.63) is 22.9 Å². The fourth-order valence-electron chi connectivity index (χ4n) is 1.39. The van der Waals surface area contributed by atoms with Crippen LogP contribution in [0.4, 0.5) is 5.82 Å². The number of nitrogens with two attached hydrogens (primary N) is 1. The number of aromatic nitrogens is 2. The molecule has 0 aliphatic rings. The van der Waals surface area contributed by atoms with E-state index in [0.29, 0.717) is 16.8 Å². The predicted molar refractivity (Wildman–Crippen MR) is 55.1 cm³/mol. The van der Waals surface area contributed by atoms with Gasteiger partial charge in [0.05, 0.1) is 0 Å². The monoisotopic (exact) mass is 211 g/mol. The van der Waals surface area contributed by atoms with Crippen molar-refractivity contribution >= 4 is 17.4 Å². The van der Waals surface area contributed by atoms with E-state index in [9.17, 15) is 0 Å². The Morgan fingerprint density at radius 1 is 1.57 bits per heavy atom. The number of rotatable bonds is 2. The molecule has 0 saturated heterocycles. The van der Waals surface area contributed by atoms with Crippen LogP contribution < -0.4 is 5.73 Å². The summed E-state index contributed by atoms with van der Waals surface area (Å²) in [4.78, 5) is 0. The normalized spacial score (nSPS) is 10.7. The van der Waals surface area contributed by atoms with Crippen molar-refractivity contribution in [3.63, 3.8) is 0 Å². The summed E-state index contributed by atoms with van der Waals surface area (Å²) in [6, 6.07) is 3.47. The van der Waals surface area contributed by atoms with Gasteiger partial charge in [-0.3, -0.25) is 5.10 Å². The minimum Gasteiger partial charge on any atom is -0.443 e. The Balaban J connectivity index is 2.51. The van der Waals surface area contributed by atoms with Gasteiger partial charge >= 0.3 is 0 Å². The minimum atomic E-state index is 0.357. The Kier molecular flexibility index (Phi) is 2.21. The number of aromatic amines is 1. The molecule has 0 radical (unpaired) electrons. The number of nitrogen functional groups attached to an aromatic ring is 1. The molecule has 2 aromatic heterocycles. The summed E-state index contributed by atoms with van der Waals surface area (Å²) >= 11 is 5.68. The molecule has 0 unspecified atom stereocenters. The topological polar surface area (TPSA) is 67.8 Å². The van der Waals surface area contributed by atoms with Crippen LogP contribution in [-0.2, 0) is 6.42 Å². The van der Waals surface area contributed by atoms with E-state index in [0.717, 1.165) is 17.7 Å². The number of anilines is 1. The van der Waals surface area contributed by atoms with E-state index in [4.69, 9.17) is 21.8 Å². The van der Waals surface area contributed by atoms with Crippen molar-refractivity contribution in [3.8, 4) is 11.5 Å². The number of H-pyrrole nitrogens is 1. The summed E-state index contributed by atoms with van der Waals surface area (Å²) in [6.07, 6.45) is 0.802. The average Bonchev–Trinajstić information content (AvgIpc) is 2.71. The minimum absolute atomic E-state index is 0.357. The van der Waals surface area contributed by atoms with Crippen LogP contribution in [-0.4, -0.2) is 10.2 Å². The van der Waals surface area contributed by atoms with Crippen LogP contribution in [0.25, 0.3) is 11.5 Å². The zero-order valence-electron chi connectivity index (χ0n) is 7.67. The van der Waals surface area contributed by atoms with Gasteiger partial charge in [-0.15, -0.1) is 0 Å². The highest BCUT2D eigenvalue weighted by molar-refractivity contribution is 6.28. The smallest absolute Gasteiger partial charge is 0.194 e. The van der Waals surface area contributed by atoms with Gasteiger partial charge in [0.25, 0.3) is 0 Å². The molecular formula is C9H10ClN3O. The third-order valence-corrected chi connectivity index (χ3v) is 2.28. The molecular weight excluding hydrogens is 202 g/mol. The van der Waals surface area contributed by atoms with E-state index >= 15 is 0 Å². The summed E-state index contributed by atoms with van der Waals surface area (Å²) in [6.45, 7) is 2.01. The van der Waals surface area contributed by atoms with Crippen LogP contribution in [0.3, 0.4) is 0 Å². The average molecular weight is 212 g/mol. The van der Waals surface area contributed by atoms with Gasteiger partial charge in [-0.2, -0.15) is 5.10 Å². The van der Waals surface area contributed by atoms with E-state index in [-0.39, 0.29) is 0 Å². The highest BCUT2D eigenvalue weighted by Crippen LogP contribution is 2.28. The molecule has 4 nitrogen and oxygen atoms in total. The maximum Gasteiger partial charge on any atom is 0.194 e. The first-order valence-electron chi connectivity index (χ1n) is 4.30. The Labute approximate surface area is 86.1 Å². The summed E-state index contributed by atoms with van der Waals surface area (Å²) in [5.41, 5.74) is 7.44. The zero-order chi connectivity index (χ0) is 10.1. The first-order valence-corrected chi connectivity index (χ1v) is 4.68. The third kappa shape index (κ3) is 1.37. The SMILES string of the molecule is CCc1c(N)n[nH]c1-c1ccc(Cl)o1. The van der Waals surface area contributed by atoms with Crippen molar-refractivity contribution in [2.24, 2.45) is 0 Å². The van der Waals surface area contributed by atoms with Crippen LogP contribution in [0.2, 0.25) is 5.22 Å². The Morgan fingerprint density at radius 2 is 2.36 bits per heavy atom. The molecule has 2 heterocycles. The van der Waals surface area contributed by atoms with Crippen molar-refractivity contribution in [1.29, 1.82) is 0 Å². The molecule has 3 N–H and O–H groups in total. The summed E-state index contributed by atoms with van der Waals surface area (Å²) < 4.78 is 5.26. The van der Waals surface area contributed by atoms with Crippen molar-refractivity contribution < 1.29 is 4.42 Å². The van der Waals surface area contributed by atoms with Gasteiger partial charge in [0.2, 0.25) is 0 Å². The lowest BCUT2D eigenvalue weighted by atomic mass is 10.1. The lowest BCUT2D eigenvalue weighted by Crippen LogP contribution is -1.90. The molecule has 0 spiro atoms. The molecule has 0 atom stereocenters. The predicted octanol–water partition coefficient (Wildman–Crippen LogP) is 2.47. The van der Waals surface area contributed by atoms with Crippen LogP contribution in [0.5, 0.6) is 0 Å². The number of hydrogen-bond donors (Lipinski definition) is 2. The largest absolute Gasteiger partial charge is 0.443 e. The van der Waals surface area contributed by atoms with Gasteiger partial charge in [0, 0.05) is 5.56 Å². The molecule has 2 rings (SSSR count). The number of halogens is 1. The summed E-state index contributed by atoms with van der Waals surface area (Å²) in [5, 5.41) is 7.11. The number of nitrogens with zero attached hydrogens (tertiary/aromatic N) is 1. The molecule has 0 amide bonds. The molecule has 0 saturated carbocycles. The molecule has 0 bridgehead atoms. The van der Waals surface area contributed by atoms with Gasteiger partial charge in [0.1, 0.15) is 11.5 Å². The van der Waals surface area contributed by atoms with Gasteiger partial charge in [-0.05, 0) is 30.2 Å². The van der Waals surface area contributed by atoms with Crippen LogP contribution in [0, 0.1) is 0 Å². The molecule has 0 aliphatic carbocycles. The van der Waals surface area contributed by atoms with E-state index in [1.54, 1.807) is 12.1 Å². The standard InChI is InChI=1S/C9H10ClN3O/c1-2-5-8(12-13-9(5)11)6-3-4-7(10)14-6/h3-4H,2H2,1H3,(H3,11,12,13). The number of nitrogens with one attached hydrogen (secondary N) is 1. The quantitative estimate of drug-likeness (QED) is 0.802. The molecule has 0 aromatic carbocycles. The molecule has 5 heteroatoms. The van der Waals surface area contributed by atoms with Crippen LogP contribution >= 0.6 is 11.6 Å². The van der Waals surface area contributed by atoms with Crippen LogP contribution in [0.1, 0.15) is 12.5 Å². The molecule has 14 heavy (non-hydrogen) atoms. The maximum absolute atomic E-state index is 5.68. The van der Waals surface area contributed by atoms with Crippen molar-refractivity contribution in [2.75, 3.05) is 5.73 Å². The second kappa shape index (κ2) is 3.38. The summed E-state index contributed by atoms with van der Waals surface area (Å²) in [7, 11) is 0. The highest BCUT2D eigenvalue weighted by Gasteiger charge is 2.13. The number of furan rings is 1. The van der Waals surface area contributed by atoms with Gasteiger partial charge in [-0.1, -0.05) is 6.92 Å². The second-order valence-corrected chi connectivity index (χ2v) is 3.29. The van der Waals surface area contributed by atoms with E-state index < -0.39 is 0 Å². The first-order chi connectivity index (χ1) is 6.72. The van der Waals surface area contributed by atoms with Gasteiger partial charge < -0.3 is 10.2 Å². The van der Waals surface area contributed by atoms with Gasteiger partial charge in [-0.25, -0.2) is 0 Å². The van der Waals surface area contributed by atoms with Crippen molar-refractivity contribution in [1.82, 2.24) is 10.2 Å². The first kappa shape index (κ1) is 9.15. The van der Waals surface area contributed by atoms with Crippen LogP contribution in [0.15, 0.2) is 16.5 Å². The van der Waals surface area contributed by atoms with Crippen molar-refractivity contribution in [2.45, 2.75) is 13.3 Å². The molecule has 2 aromatic rings. The van der Waals surface area contributed by atoms with E-state index in [1.807, 2.05) is 6.92 Å². The summed E-state index contributed by atoms with van der Waals surface area (Å²) in [5.74, 6) is 1.17. The molecule has 74 valence electrons. The fraction of sp³-hybridized carbons (Fsp3) is 0.222. The third-order valence-electron chi connectivity index (χ3n) is 2.07. The van der Waals surface area contributed by atoms with E-state index in [1.165, 1.54) is 0 Å². The van der Waals surface area contributed by atoms with Gasteiger partial charge in [0.15, 0.2) is 11.0 Å². The lowest BCUT2D eigenvalue weighted by molar-refractivity contribution is 0.581. The number of hydrogen-bond acceptors (Lipinski definition) is 3. The van der Waals surface area contributed by atoms with E-state index in [2.05, 4.69) is 10.2 Å².